The van der Waals surface area contributed by atoms with Crippen molar-refractivity contribution in [3.8, 4) is 0 Å². The molecule has 1 saturated heterocycles. The Kier molecular flexibility index (Phi) is 6.61. The molecule has 0 aromatic carbocycles. The molecule has 1 fully saturated rings. The maximum absolute atomic E-state index is 11.2. The van der Waals surface area contributed by atoms with Crippen LogP contribution >= 0.6 is 0 Å². The Labute approximate surface area is 96.3 Å². The third-order valence-corrected chi connectivity index (χ3v) is 2.60. The molecule has 1 aliphatic heterocycles. The molecule has 1 heterocycles. The fourth-order valence-electron chi connectivity index (χ4n) is 1.63. The van der Waals surface area contributed by atoms with E-state index in [1.54, 1.807) is 0 Å². The molecule has 0 aromatic rings. The van der Waals surface area contributed by atoms with Gasteiger partial charge in [-0.3, -0.25) is 9.59 Å². The largest absolute Gasteiger partial charge is 0.466 e. The van der Waals surface area contributed by atoms with Crippen molar-refractivity contribution in [1.29, 1.82) is 0 Å². The molecule has 0 radical (unpaired) electrons. The molecule has 0 spiro atoms. The second-order valence-electron chi connectivity index (χ2n) is 4.06. The molecule has 4 heteroatoms. The Hall–Kier alpha value is -1.06. The van der Waals surface area contributed by atoms with Gasteiger partial charge in [0.05, 0.1) is 26.1 Å². The summed E-state index contributed by atoms with van der Waals surface area (Å²) in [4.78, 5) is 22.3. The molecule has 1 aliphatic rings. The highest BCUT2D eigenvalue weighted by molar-refractivity contribution is 5.77. The summed E-state index contributed by atoms with van der Waals surface area (Å²) in [6.45, 7) is 0.960. The van der Waals surface area contributed by atoms with Crippen LogP contribution in [0.3, 0.4) is 0 Å². The zero-order valence-corrected chi connectivity index (χ0v) is 9.70. The summed E-state index contributed by atoms with van der Waals surface area (Å²) in [5.74, 6) is -0.594. The number of hydrogen-bond acceptors (Lipinski definition) is 4. The van der Waals surface area contributed by atoms with Crippen LogP contribution in [0.1, 0.15) is 51.4 Å². The van der Waals surface area contributed by atoms with E-state index in [0.717, 1.165) is 38.5 Å². The molecule has 0 amide bonds. The van der Waals surface area contributed by atoms with Gasteiger partial charge >= 0.3 is 11.9 Å². The first kappa shape index (κ1) is 13.0. The topological polar surface area (TPSA) is 52.6 Å². The molecule has 0 aliphatic carbocycles. The molecule has 0 unspecified atom stereocenters. The fourth-order valence-corrected chi connectivity index (χ4v) is 1.63. The van der Waals surface area contributed by atoms with E-state index in [0.29, 0.717) is 13.2 Å². The first-order valence-corrected chi connectivity index (χ1v) is 6.10. The Morgan fingerprint density at radius 2 is 1.00 bits per heavy atom. The number of cyclic esters (lactones) is 2. The number of carbonyl (C=O) groups excluding carboxylic acids is 2. The first-order valence-electron chi connectivity index (χ1n) is 6.10. The summed E-state index contributed by atoms with van der Waals surface area (Å²) < 4.78 is 9.98. The first-order chi connectivity index (χ1) is 7.79. The van der Waals surface area contributed by atoms with Gasteiger partial charge in [-0.1, -0.05) is 25.7 Å². The third kappa shape index (κ3) is 6.43. The summed E-state index contributed by atoms with van der Waals surface area (Å²) in [6.07, 6.45) is 6.65. The van der Waals surface area contributed by atoms with E-state index in [1.165, 1.54) is 0 Å². The van der Waals surface area contributed by atoms with E-state index in [-0.39, 0.29) is 24.8 Å². The van der Waals surface area contributed by atoms with Gasteiger partial charge < -0.3 is 9.47 Å². The maximum atomic E-state index is 11.2. The van der Waals surface area contributed by atoms with E-state index in [9.17, 15) is 9.59 Å². The maximum Gasteiger partial charge on any atom is 0.306 e. The molecule has 0 atom stereocenters. The highest BCUT2D eigenvalue weighted by Gasteiger charge is 2.09. The molecule has 92 valence electrons. The van der Waals surface area contributed by atoms with Crippen molar-refractivity contribution in [2.24, 2.45) is 0 Å². The number of esters is 2. The molecule has 0 saturated carbocycles. The summed E-state index contributed by atoms with van der Waals surface area (Å²) in [7, 11) is 0. The van der Waals surface area contributed by atoms with Gasteiger partial charge in [-0.2, -0.15) is 0 Å². The number of carbonyl (C=O) groups is 2. The minimum absolute atomic E-state index is 0.138. The van der Waals surface area contributed by atoms with Crippen LogP contribution in [-0.2, 0) is 19.1 Å². The molecular weight excluding hydrogens is 208 g/mol. The summed E-state index contributed by atoms with van der Waals surface area (Å²) in [5.41, 5.74) is 0. The predicted octanol–water partition coefficient (Wildman–Crippen LogP) is 2.21. The molecule has 1 rings (SSSR count). The van der Waals surface area contributed by atoms with E-state index >= 15 is 0 Å². The Morgan fingerprint density at radius 1 is 0.625 bits per heavy atom. The van der Waals surface area contributed by atoms with Crippen LogP contribution in [0.15, 0.2) is 0 Å². The normalized spacial score (nSPS) is 21.8. The van der Waals surface area contributed by atoms with Gasteiger partial charge in [0.25, 0.3) is 0 Å². The molecule has 0 N–H and O–H groups in total. The zero-order valence-electron chi connectivity index (χ0n) is 9.70. The number of hydrogen-bond donors (Lipinski definition) is 0. The van der Waals surface area contributed by atoms with Crippen molar-refractivity contribution in [3.63, 3.8) is 0 Å². The Morgan fingerprint density at radius 3 is 1.44 bits per heavy atom. The van der Waals surface area contributed by atoms with Crippen LogP contribution in [0.4, 0.5) is 0 Å². The summed E-state index contributed by atoms with van der Waals surface area (Å²) in [5, 5.41) is 0. The van der Waals surface area contributed by atoms with Crippen LogP contribution < -0.4 is 0 Å². The lowest BCUT2D eigenvalue weighted by Gasteiger charge is -2.07. The lowest BCUT2D eigenvalue weighted by Crippen LogP contribution is -2.12. The summed E-state index contributed by atoms with van der Waals surface area (Å²) >= 11 is 0. The molecule has 16 heavy (non-hydrogen) atoms. The summed E-state index contributed by atoms with van der Waals surface area (Å²) in [6, 6.07) is 0. The van der Waals surface area contributed by atoms with Crippen molar-refractivity contribution in [2.45, 2.75) is 51.4 Å². The second kappa shape index (κ2) is 8.13. The molecule has 4 nitrogen and oxygen atoms in total. The van der Waals surface area contributed by atoms with Crippen LogP contribution in [0.5, 0.6) is 0 Å². The monoisotopic (exact) mass is 228 g/mol. The minimum atomic E-state index is -0.297. The van der Waals surface area contributed by atoms with E-state index in [2.05, 4.69) is 0 Å². The highest BCUT2D eigenvalue weighted by Crippen LogP contribution is 2.07. The third-order valence-electron chi connectivity index (χ3n) is 2.60. The lowest BCUT2D eigenvalue weighted by molar-refractivity contribution is -0.150. The standard InChI is InChI=1S/C12H20O4/c13-11-7-8-12(14)16-10-6-4-2-1-3-5-9-15-11/h1-10H2. The van der Waals surface area contributed by atoms with Gasteiger partial charge in [-0.25, -0.2) is 0 Å². The van der Waals surface area contributed by atoms with Crippen LogP contribution in [0, 0.1) is 0 Å². The van der Waals surface area contributed by atoms with E-state index < -0.39 is 0 Å². The van der Waals surface area contributed by atoms with Gasteiger partial charge in [0.2, 0.25) is 0 Å². The van der Waals surface area contributed by atoms with Crippen molar-refractivity contribution < 1.29 is 19.1 Å². The second-order valence-corrected chi connectivity index (χ2v) is 4.06. The predicted molar refractivity (Wildman–Crippen MR) is 58.9 cm³/mol. The quantitative estimate of drug-likeness (QED) is 0.596. The van der Waals surface area contributed by atoms with Crippen molar-refractivity contribution >= 4 is 11.9 Å². The van der Waals surface area contributed by atoms with Gasteiger partial charge in [0.1, 0.15) is 0 Å². The van der Waals surface area contributed by atoms with E-state index in [1.807, 2.05) is 0 Å². The van der Waals surface area contributed by atoms with Crippen LogP contribution in [0.2, 0.25) is 0 Å². The Balaban J connectivity index is 2.25. The average molecular weight is 228 g/mol. The van der Waals surface area contributed by atoms with Crippen molar-refractivity contribution in [2.75, 3.05) is 13.2 Å². The van der Waals surface area contributed by atoms with Gasteiger partial charge in [-0.05, 0) is 12.8 Å². The lowest BCUT2D eigenvalue weighted by atomic mass is 10.1. The molecule has 0 bridgehead atoms. The highest BCUT2D eigenvalue weighted by atomic mass is 16.5. The zero-order chi connectivity index (χ0) is 11.6. The fraction of sp³-hybridized carbons (Fsp3) is 0.833. The van der Waals surface area contributed by atoms with Gasteiger partial charge in [-0.15, -0.1) is 0 Å². The average Bonchev–Trinajstić information content (AvgIpc) is 2.28. The van der Waals surface area contributed by atoms with Crippen LogP contribution in [-0.4, -0.2) is 25.2 Å². The van der Waals surface area contributed by atoms with Gasteiger partial charge in [0.15, 0.2) is 0 Å². The minimum Gasteiger partial charge on any atom is -0.466 e. The Bertz CT molecular complexity index is 201. The number of ether oxygens (including phenoxy) is 2. The molecular formula is C12H20O4. The van der Waals surface area contributed by atoms with Crippen LogP contribution in [0.25, 0.3) is 0 Å². The number of rotatable bonds is 0. The van der Waals surface area contributed by atoms with Gasteiger partial charge in [0, 0.05) is 0 Å². The van der Waals surface area contributed by atoms with Crippen molar-refractivity contribution in [1.82, 2.24) is 0 Å². The molecule has 0 aromatic heterocycles. The van der Waals surface area contributed by atoms with E-state index in [4.69, 9.17) is 9.47 Å². The van der Waals surface area contributed by atoms with Crippen molar-refractivity contribution in [3.05, 3.63) is 0 Å². The smallest absolute Gasteiger partial charge is 0.306 e. The SMILES string of the molecule is O=C1CCC(=O)OCCCCCCCCO1.